The zero-order valence-corrected chi connectivity index (χ0v) is 6.62. The summed E-state index contributed by atoms with van der Waals surface area (Å²) in [5, 5.41) is 0. The molecule has 0 aliphatic heterocycles. The molecule has 0 aromatic carbocycles. The minimum Gasteiger partial charge on any atom is -0.222 e. The summed E-state index contributed by atoms with van der Waals surface area (Å²) in [4.78, 5) is 0. The first-order valence-corrected chi connectivity index (χ1v) is 3.90. The molecule has 0 atom stereocenters. The van der Waals surface area contributed by atoms with Gasteiger partial charge in [0.05, 0.1) is 0 Å². The first kappa shape index (κ1) is 13.6. The highest BCUT2D eigenvalue weighted by atomic mass is 31.2. The van der Waals surface area contributed by atoms with E-state index in [-0.39, 0.29) is 0 Å². The second-order valence-electron chi connectivity index (χ2n) is 1.69. The Bertz CT molecular complexity index is 228. The number of hydrogen-bond donors (Lipinski definition) is 0. The van der Waals surface area contributed by atoms with E-state index in [0.29, 0.717) is 0 Å². The van der Waals surface area contributed by atoms with Gasteiger partial charge in [-0.15, -0.1) is 0 Å². The van der Waals surface area contributed by atoms with E-state index in [9.17, 15) is 35.6 Å². The Morgan fingerprint density at radius 2 is 1.29 bits per heavy atom. The van der Waals surface area contributed by atoms with E-state index in [0.717, 1.165) is 0 Å². The minimum atomic E-state index is -6.32. The van der Waals surface area contributed by atoms with Crippen LogP contribution in [0.5, 0.6) is 0 Å². The summed E-state index contributed by atoms with van der Waals surface area (Å²) in [6.07, 6.45) is -12.4. The molecule has 4 nitrogen and oxygen atoms in total. The molecule has 0 amide bonds. The average Bonchev–Trinajstić information content (AvgIpc) is 2.01. The van der Waals surface area contributed by atoms with Gasteiger partial charge in [0.1, 0.15) is 0 Å². The van der Waals surface area contributed by atoms with Crippen LogP contribution >= 0.6 is 7.82 Å². The third-order valence-corrected chi connectivity index (χ3v) is 1.52. The fraction of sp³-hybridized carbons (Fsp3) is 1.00. The van der Waals surface area contributed by atoms with Crippen LogP contribution in [0.2, 0.25) is 0 Å². The van der Waals surface area contributed by atoms with Crippen LogP contribution in [0, 0.1) is 0 Å². The fourth-order valence-electron chi connectivity index (χ4n) is 0.231. The van der Waals surface area contributed by atoms with E-state index < -0.39 is 20.1 Å². The van der Waals surface area contributed by atoms with E-state index in [1.54, 1.807) is 0 Å². The lowest BCUT2D eigenvalue weighted by Gasteiger charge is -2.19. The topological polar surface area (TPSA) is 44.8 Å². The van der Waals surface area contributed by atoms with Crippen LogP contribution in [0.15, 0.2) is 0 Å². The summed E-state index contributed by atoms with van der Waals surface area (Å²) < 4.78 is 95.4. The fourth-order valence-corrected chi connectivity index (χ4v) is 0.693. The number of hydrogen-bond acceptors (Lipinski definition) is 4. The highest BCUT2D eigenvalue weighted by molar-refractivity contribution is 7.48. The van der Waals surface area contributed by atoms with Crippen molar-refractivity contribution in [2.24, 2.45) is 0 Å². The Hall–Kier alpha value is -0.380. The number of rotatable bonds is 4. The van der Waals surface area contributed by atoms with Gasteiger partial charge >= 0.3 is 20.1 Å². The largest absolute Gasteiger partial charge is 0.542 e. The average molecular weight is 252 g/mol. The molecule has 0 saturated carbocycles. The molecule has 0 saturated heterocycles. The third-order valence-electron chi connectivity index (χ3n) is 0.725. The Labute approximate surface area is 71.0 Å². The SMILES string of the molecule is O=P(OF)(OF)OC(F)(F)C(F)(F)F. The second-order valence-corrected chi connectivity index (χ2v) is 3.04. The van der Waals surface area contributed by atoms with Gasteiger partial charge in [-0.3, -0.25) is 0 Å². The molecule has 0 N–H and O–H groups in total. The summed E-state index contributed by atoms with van der Waals surface area (Å²) in [6.45, 7) is 0. The van der Waals surface area contributed by atoms with Crippen molar-refractivity contribution in [3.05, 3.63) is 0 Å². The minimum absolute atomic E-state index is 1.87. The van der Waals surface area contributed by atoms with Crippen LogP contribution in [-0.2, 0) is 18.5 Å². The van der Waals surface area contributed by atoms with Crippen molar-refractivity contribution in [3.8, 4) is 0 Å². The van der Waals surface area contributed by atoms with Gasteiger partial charge in [0.2, 0.25) is 0 Å². The van der Waals surface area contributed by atoms with Crippen molar-refractivity contribution in [2.45, 2.75) is 12.3 Å². The van der Waals surface area contributed by atoms with Gasteiger partial charge in [-0.25, -0.2) is 9.09 Å². The lowest BCUT2D eigenvalue weighted by molar-refractivity contribution is -0.370. The van der Waals surface area contributed by atoms with E-state index in [1.165, 1.54) is 0 Å². The lowest BCUT2D eigenvalue weighted by atomic mass is 10.6. The maximum absolute atomic E-state index is 11.8. The maximum atomic E-state index is 11.8. The van der Waals surface area contributed by atoms with E-state index in [1.807, 2.05) is 9.46 Å². The summed E-state index contributed by atoms with van der Waals surface area (Å²) in [6, 6.07) is 0. The summed E-state index contributed by atoms with van der Waals surface area (Å²) >= 11 is 0. The Morgan fingerprint density at radius 3 is 1.50 bits per heavy atom. The van der Waals surface area contributed by atoms with E-state index in [4.69, 9.17) is 0 Å². The maximum Gasteiger partial charge on any atom is 0.542 e. The molecule has 0 aromatic heterocycles. The van der Waals surface area contributed by atoms with Crippen molar-refractivity contribution in [1.82, 2.24) is 0 Å². The molecule has 12 heteroatoms. The monoisotopic (exact) mass is 252 g/mol. The molecule has 14 heavy (non-hydrogen) atoms. The molecular formula is C2F7O4P. The molecule has 0 spiro atoms. The molecule has 0 aromatic rings. The van der Waals surface area contributed by atoms with Gasteiger partial charge in [0.25, 0.3) is 0 Å². The summed E-state index contributed by atoms with van der Waals surface area (Å²) in [5.41, 5.74) is 0. The van der Waals surface area contributed by atoms with Gasteiger partial charge in [-0.05, 0) is 9.05 Å². The predicted octanol–water partition coefficient (Wildman–Crippen LogP) is 3.07. The van der Waals surface area contributed by atoms with Crippen molar-refractivity contribution in [3.63, 3.8) is 0 Å². The Morgan fingerprint density at radius 1 is 0.929 bits per heavy atom. The van der Waals surface area contributed by atoms with Crippen molar-refractivity contribution in [2.75, 3.05) is 0 Å². The zero-order valence-electron chi connectivity index (χ0n) is 5.73. The molecule has 0 bridgehead atoms. The van der Waals surface area contributed by atoms with Crippen LogP contribution in [0.4, 0.5) is 31.0 Å². The quantitative estimate of drug-likeness (QED) is 0.569. The van der Waals surface area contributed by atoms with Crippen LogP contribution < -0.4 is 0 Å². The first-order chi connectivity index (χ1) is 6.08. The van der Waals surface area contributed by atoms with Gasteiger partial charge < -0.3 is 0 Å². The van der Waals surface area contributed by atoms with Crippen LogP contribution in [-0.4, -0.2) is 12.3 Å². The molecule has 0 aliphatic rings. The van der Waals surface area contributed by atoms with E-state index in [2.05, 4.69) is 4.52 Å². The predicted molar refractivity (Wildman–Crippen MR) is 24.1 cm³/mol. The van der Waals surface area contributed by atoms with E-state index >= 15 is 0 Å². The van der Waals surface area contributed by atoms with Crippen molar-refractivity contribution < 1.29 is 49.5 Å². The summed E-state index contributed by atoms with van der Waals surface area (Å²) in [5.74, 6) is 0. The first-order valence-electron chi connectivity index (χ1n) is 2.44. The lowest BCUT2D eigenvalue weighted by Crippen LogP contribution is -2.38. The molecule has 0 unspecified atom stereocenters. The molecule has 0 fully saturated rings. The molecular weight excluding hydrogens is 252 g/mol. The smallest absolute Gasteiger partial charge is 0.222 e. The van der Waals surface area contributed by atoms with Gasteiger partial charge in [0, 0.05) is 0 Å². The second kappa shape index (κ2) is 4.01. The molecule has 0 radical (unpaired) electrons. The van der Waals surface area contributed by atoms with Gasteiger partial charge in [-0.2, -0.15) is 22.0 Å². The number of alkyl halides is 5. The van der Waals surface area contributed by atoms with Crippen molar-refractivity contribution >= 4 is 7.82 Å². The van der Waals surface area contributed by atoms with Crippen LogP contribution in [0.1, 0.15) is 0 Å². The Kier molecular flexibility index (Phi) is 3.90. The molecule has 0 heterocycles. The normalized spacial score (nSPS) is 14.5. The zero-order chi connectivity index (χ0) is 11.6. The number of halogens is 7. The standard InChI is InChI=1S/C2F7O4P/c3-1(4,5)2(6,7)11-14(10,12-8)13-9. The molecule has 0 rings (SSSR count). The third kappa shape index (κ3) is 3.08. The summed E-state index contributed by atoms with van der Waals surface area (Å²) in [7, 11) is -6.20. The van der Waals surface area contributed by atoms with Gasteiger partial charge in [-0.1, -0.05) is 9.46 Å². The van der Waals surface area contributed by atoms with Crippen molar-refractivity contribution in [1.29, 1.82) is 0 Å². The van der Waals surface area contributed by atoms with Crippen LogP contribution in [0.3, 0.4) is 0 Å². The highest BCUT2D eigenvalue weighted by Gasteiger charge is 2.64. The number of phosphoric acid groups is 1. The van der Waals surface area contributed by atoms with Gasteiger partial charge in [0.15, 0.2) is 0 Å². The highest BCUT2D eigenvalue weighted by Crippen LogP contribution is 2.57. The van der Waals surface area contributed by atoms with Crippen LogP contribution in [0.25, 0.3) is 0 Å². The molecule has 86 valence electrons. The Balaban J connectivity index is 4.74. The molecule has 0 aliphatic carbocycles.